The number of thioether (sulfide) groups is 1. The van der Waals surface area contributed by atoms with E-state index in [1.54, 1.807) is 24.6 Å². The Labute approximate surface area is 156 Å². The summed E-state index contributed by atoms with van der Waals surface area (Å²) in [6, 6.07) is 7.30. The molecule has 1 aromatic carbocycles. The van der Waals surface area contributed by atoms with E-state index in [0.717, 1.165) is 0 Å². The van der Waals surface area contributed by atoms with Crippen molar-refractivity contribution in [2.45, 2.75) is 37.1 Å². The molecule has 9 heteroatoms. The molecule has 1 heterocycles. The number of hydrogen-bond donors (Lipinski definition) is 2. The maximum absolute atomic E-state index is 12.5. The summed E-state index contributed by atoms with van der Waals surface area (Å²) in [5.74, 6) is 0.736. The topological polar surface area (TPSA) is 112 Å². The highest BCUT2D eigenvalue weighted by molar-refractivity contribution is 8.00. The number of primary amides is 1. The van der Waals surface area contributed by atoms with Gasteiger partial charge in [-0.2, -0.15) is 0 Å². The highest BCUT2D eigenvalue weighted by Crippen LogP contribution is 2.27. The summed E-state index contributed by atoms with van der Waals surface area (Å²) >= 11 is 1.29. The lowest BCUT2D eigenvalue weighted by atomic mass is 10.3. The van der Waals surface area contributed by atoms with E-state index in [0.29, 0.717) is 35.4 Å². The zero-order valence-corrected chi connectivity index (χ0v) is 15.9. The number of aromatic nitrogens is 3. The molecule has 0 saturated heterocycles. The number of ether oxygens (including phenoxy) is 1. The number of rotatable bonds is 9. The van der Waals surface area contributed by atoms with Crippen molar-refractivity contribution in [3.8, 4) is 5.75 Å². The van der Waals surface area contributed by atoms with Crippen LogP contribution < -0.4 is 15.8 Å². The van der Waals surface area contributed by atoms with Crippen LogP contribution in [0.2, 0.25) is 0 Å². The van der Waals surface area contributed by atoms with Crippen LogP contribution in [0.4, 0.5) is 5.69 Å². The number of anilines is 1. The zero-order valence-electron chi connectivity index (χ0n) is 15.1. The van der Waals surface area contributed by atoms with Crippen molar-refractivity contribution in [1.29, 1.82) is 0 Å². The van der Waals surface area contributed by atoms with Crippen LogP contribution in [0.3, 0.4) is 0 Å². The highest BCUT2D eigenvalue weighted by Gasteiger charge is 2.20. The van der Waals surface area contributed by atoms with E-state index >= 15 is 0 Å². The van der Waals surface area contributed by atoms with Gasteiger partial charge in [0.1, 0.15) is 11.6 Å². The number of nitrogens with zero attached hydrogens (tertiary/aromatic N) is 3. The number of benzene rings is 1. The molecule has 1 atom stereocenters. The number of nitrogens with one attached hydrogen (secondary N) is 1. The Morgan fingerprint density at radius 1 is 1.35 bits per heavy atom. The van der Waals surface area contributed by atoms with Crippen molar-refractivity contribution < 1.29 is 14.3 Å². The Morgan fingerprint density at radius 3 is 2.77 bits per heavy atom. The molecule has 0 unspecified atom stereocenters. The molecule has 0 aliphatic carbocycles. The first-order valence-corrected chi connectivity index (χ1v) is 9.16. The van der Waals surface area contributed by atoms with Gasteiger partial charge in [-0.3, -0.25) is 9.59 Å². The first-order valence-electron chi connectivity index (χ1n) is 8.28. The maximum atomic E-state index is 12.5. The Kier molecular flexibility index (Phi) is 7.02. The quantitative estimate of drug-likeness (QED) is 0.644. The molecule has 0 bridgehead atoms. The standard InChI is InChI=1S/C17H23N5O3S/c1-4-25-13-8-6-5-7-12(13)19-16(24)11(2)26-17-21-20-15(22(17)3)10-9-14(18)23/h5-8,11H,4,9-10H2,1-3H3,(H2,18,23)(H,19,24)/t11-/m1/s1. The van der Waals surface area contributed by atoms with Crippen LogP contribution in [0.25, 0.3) is 0 Å². The number of hydrogen-bond acceptors (Lipinski definition) is 6. The van der Waals surface area contributed by atoms with Crippen LogP contribution in [-0.2, 0) is 23.1 Å². The number of amides is 2. The van der Waals surface area contributed by atoms with Crippen LogP contribution in [-0.4, -0.2) is 38.4 Å². The molecule has 140 valence electrons. The van der Waals surface area contributed by atoms with Gasteiger partial charge in [0.2, 0.25) is 11.8 Å². The molecule has 0 fully saturated rings. The van der Waals surface area contributed by atoms with Crippen molar-refractivity contribution in [2.75, 3.05) is 11.9 Å². The molecule has 0 radical (unpaired) electrons. The summed E-state index contributed by atoms with van der Waals surface area (Å²) in [6.45, 7) is 4.20. The van der Waals surface area contributed by atoms with Gasteiger partial charge in [-0.15, -0.1) is 10.2 Å². The fraction of sp³-hybridized carbons (Fsp3) is 0.412. The third-order valence-electron chi connectivity index (χ3n) is 3.62. The fourth-order valence-corrected chi connectivity index (χ4v) is 3.03. The van der Waals surface area contributed by atoms with E-state index < -0.39 is 5.25 Å². The summed E-state index contributed by atoms with van der Waals surface area (Å²) in [7, 11) is 1.80. The third kappa shape index (κ3) is 5.22. The van der Waals surface area contributed by atoms with E-state index in [1.165, 1.54) is 11.8 Å². The van der Waals surface area contributed by atoms with E-state index in [9.17, 15) is 9.59 Å². The molecular weight excluding hydrogens is 354 g/mol. The minimum atomic E-state index is -0.392. The molecule has 0 aliphatic heterocycles. The predicted molar refractivity (Wildman–Crippen MR) is 100 cm³/mol. The van der Waals surface area contributed by atoms with Crippen LogP contribution >= 0.6 is 11.8 Å². The SMILES string of the molecule is CCOc1ccccc1NC(=O)[C@@H](C)Sc1nnc(CCC(N)=O)n1C. The number of nitrogens with two attached hydrogens (primary N) is 1. The first kappa shape index (κ1) is 19.8. The van der Waals surface area contributed by atoms with Crippen molar-refractivity contribution in [1.82, 2.24) is 14.8 Å². The second kappa shape index (κ2) is 9.23. The molecule has 0 aliphatic rings. The lowest BCUT2D eigenvalue weighted by molar-refractivity contribution is -0.118. The molecule has 2 amide bonds. The Hall–Kier alpha value is -2.55. The average Bonchev–Trinajstić information content (AvgIpc) is 2.95. The van der Waals surface area contributed by atoms with Crippen molar-refractivity contribution >= 4 is 29.3 Å². The van der Waals surface area contributed by atoms with E-state index in [4.69, 9.17) is 10.5 Å². The van der Waals surface area contributed by atoms with E-state index in [1.807, 2.05) is 25.1 Å². The Bertz CT molecular complexity index is 778. The first-order chi connectivity index (χ1) is 12.4. The summed E-state index contributed by atoms with van der Waals surface area (Å²) in [5, 5.41) is 11.2. The van der Waals surface area contributed by atoms with Gasteiger partial charge in [0, 0.05) is 19.9 Å². The van der Waals surface area contributed by atoms with Gasteiger partial charge in [0.15, 0.2) is 5.16 Å². The Balaban J connectivity index is 2.00. The van der Waals surface area contributed by atoms with Gasteiger partial charge in [0.05, 0.1) is 17.5 Å². The normalized spacial score (nSPS) is 11.8. The number of para-hydroxylation sites is 2. The van der Waals surface area contributed by atoms with Crippen molar-refractivity contribution in [3.63, 3.8) is 0 Å². The van der Waals surface area contributed by atoms with Crippen molar-refractivity contribution in [3.05, 3.63) is 30.1 Å². The summed E-state index contributed by atoms with van der Waals surface area (Å²) in [4.78, 5) is 23.4. The zero-order chi connectivity index (χ0) is 19.1. The van der Waals surface area contributed by atoms with E-state index in [-0.39, 0.29) is 18.2 Å². The van der Waals surface area contributed by atoms with Gasteiger partial charge in [-0.1, -0.05) is 23.9 Å². The predicted octanol–water partition coefficient (Wildman–Crippen LogP) is 1.75. The van der Waals surface area contributed by atoms with Crippen LogP contribution in [0.15, 0.2) is 29.4 Å². The highest BCUT2D eigenvalue weighted by atomic mass is 32.2. The van der Waals surface area contributed by atoms with Gasteiger partial charge in [-0.25, -0.2) is 0 Å². The molecule has 0 spiro atoms. The minimum Gasteiger partial charge on any atom is -0.492 e. The maximum Gasteiger partial charge on any atom is 0.237 e. The molecule has 8 nitrogen and oxygen atoms in total. The van der Waals surface area contributed by atoms with Crippen LogP contribution in [0.5, 0.6) is 5.75 Å². The monoisotopic (exact) mass is 377 g/mol. The van der Waals surface area contributed by atoms with Gasteiger partial charge in [0.25, 0.3) is 0 Å². The molecular formula is C17H23N5O3S. The third-order valence-corrected chi connectivity index (χ3v) is 4.75. The van der Waals surface area contributed by atoms with Gasteiger partial charge in [-0.05, 0) is 26.0 Å². The molecule has 0 saturated carbocycles. The molecule has 2 aromatic rings. The molecule has 26 heavy (non-hydrogen) atoms. The average molecular weight is 377 g/mol. The number of carbonyl (C=O) groups excluding carboxylic acids is 2. The van der Waals surface area contributed by atoms with Crippen molar-refractivity contribution in [2.24, 2.45) is 12.8 Å². The fourth-order valence-electron chi connectivity index (χ4n) is 2.20. The number of carbonyl (C=O) groups is 2. The lowest BCUT2D eigenvalue weighted by Gasteiger charge is -2.14. The van der Waals surface area contributed by atoms with Crippen LogP contribution in [0.1, 0.15) is 26.1 Å². The molecule has 3 N–H and O–H groups in total. The summed E-state index contributed by atoms with van der Waals surface area (Å²) in [6.07, 6.45) is 0.628. The smallest absolute Gasteiger partial charge is 0.237 e. The molecule has 2 rings (SSSR count). The van der Waals surface area contributed by atoms with E-state index in [2.05, 4.69) is 15.5 Å². The second-order valence-electron chi connectivity index (χ2n) is 5.60. The Morgan fingerprint density at radius 2 is 2.08 bits per heavy atom. The lowest BCUT2D eigenvalue weighted by Crippen LogP contribution is -2.23. The van der Waals surface area contributed by atoms with Gasteiger partial charge >= 0.3 is 0 Å². The van der Waals surface area contributed by atoms with Gasteiger partial charge < -0.3 is 20.4 Å². The minimum absolute atomic E-state index is 0.163. The molecule has 1 aromatic heterocycles. The second-order valence-corrected chi connectivity index (χ2v) is 6.91. The van der Waals surface area contributed by atoms with Crippen LogP contribution in [0, 0.1) is 0 Å². The largest absolute Gasteiger partial charge is 0.492 e. The summed E-state index contributed by atoms with van der Waals surface area (Å²) < 4.78 is 7.29. The number of aryl methyl sites for hydroxylation is 1. The summed E-state index contributed by atoms with van der Waals surface area (Å²) in [5.41, 5.74) is 5.79.